The first-order valence-corrected chi connectivity index (χ1v) is 6.54. The van der Waals surface area contributed by atoms with Crippen LogP contribution < -0.4 is 5.32 Å². The third kappa shape index (κ3) is 3.42. The lowest BCUT2D eigenvalue weighted by Crippen LogP contribution is -2.37. The van der Waals surface area contributed by atoms with Crippen LogP contribution in [-0.4, -0.2) is 39.7 Å². The Labute approximate surface area is 121 Å². The molecule has 1 fully saturated rings. The highest BCUT2D eigenvalue weighted by atomic mass is 16.4. The van der Waals surface area contributed by atoms with Crippen molar-refractivity contribution in [2.24, 2.45) is 0 Å². The van der Waals surface area contributed by atoms with Gasteiger partial charge >= 0.3 is 12.0 Å². The second-order valence-corrected chi connectivity index (χ2v) is 4.77. The number of amides is 2. The minimum atomic E-state index is -1.27. The van der Waals surface area contributed by atoms with Crippen LogP contribution in [-0.2, 0) is 0 Å². The summed E-state index contributed by atoms with van der Waals surface area (Å²) in [6.45, 7) is 0.312. The first-order chi connectivity index (χ1) is 10.0. The lowest BCUT2D eigenvalue weighted by Gasteiger charge is -2.22. The zero-order valence-corrected chi connectivity index (χ0v) is 11.2. The van der Waals surface area contributed by atoms with Gasteiger partial charge in [0.25, 0.3) is 0 Å². The number of para-hydroxylation sites is 1. The Kier molecular flexibility index (Phi) is 4.28. The van der Waals surface area contributed by atoms with E-state index in [4.69, 9.17) is 10.4 Å². The molecule has 3 N–H and O–H groups in total. The highest BCUT2D eigenvalue weighted by Gasteiger charge is 2.32. The van der Waals surface area contributed by atoms with Gasteiger partial charge in [-0.05, 0) is 25.0 Å². The molecular formula is C14H15N3O4. The number of benzene rings is 1. The summed E-state index contributed by atoms with van der Waals surface area (Å²) >= 11 is 0. The van der Waals surface area contributed by atoms with E-state index in [1.165, 1.54) is 23.1 Å². The van der Waals surface area contributed by atoms with Gasteiger partial charge in [-0.1, -0.05) is 6.07 Å². The topological polar surface area (TPSA) is 114 Å². The standard InChI is InChI=1S/C14H15N3O4/c15-7-2-8-17(9-5-6-9)14(21)16-11-4-1-3-10(12(11)18)13(19)20/h1,3-4,9,18H,2,5-6,8H2,(H,16,21)(H,19,20). The van der Waals surface area contributed by atoms with Crippen molar-refractivity contribution >= 4 is 17.7 Å². The monoisotopic (exact) mass is 289 g/mol. The van der Waals surface area contributed by atoms with Gasteiger partial charge in [-0.25, -0.2) is 9.59 Å². The van der Waals surface area contributed by atoms with Crippen molar-refractivity contribution in [3.63, 3.8) is 0 Å². The molecule has 2 rings (SSSR count). The maximum Gasteiger partial charge on any atom is 0.339 e. The smallest absolute Gasteiger partial charge is 0.339 e. The molecule has 21 heavy (non-hydrogen) atoms. The molecule has 7 heteroatoms. The Hall–Kier alpha value is -2.75. The zero-order chi connectivity index (χ0) is 15.4. The van der Waals surface area contributed by atoms with Crippen molar-refractivity contribution < 1.29 is 19.8 Å². The molecule has 1 aromatic rings. The summed E-state index contributed by atoms with van der Waals surface area (Å²) in [7, 11) is 0. The summed E-state index contributed by atoms with van der Waals surface area (Å²) in [4.78, 5) is 24.7. The SMILES string of the molecule is N#CCCN(C(=O)Nc1cccc(C(=O)O)c1O)C1CC1. The van der Waals surface area contributed by atoms with E-state index in [1.807, 2.05) is 6.07 Å². The number of carboxylic acids is 1. The summed E-state index contributed by atoms with van der Waals surface area (Å²) in [5, 5.41) is 29.9. The van der Waals surface area contributed by atoms with Gasteiger partial charge in [0.15, 0.2) is 5.75 Å². The fourth-order valence-electron chi connectivity index (χ4n) is 2.01. The normalized spacial score (nSPS) is 13.3. The molecule has 0 spiro atoms. The van der Waals surface area contributed by atoms with Crippen molar-refractivity contribution in [2.75, 3.05) is 11.9 Å². The van der Waals surface area contributed by atoms with Gasteiger partial charge in [0.05, 0.1) is 18.2 Å². The lowest BCUT2D eigenvalue weighted by atomic mass is 10.1. The number of nitriles is 1. The molecule has 0 radical (unpaired) electrons. The Morgan fingerprint density at radius 1 is 1.43 bits per heavy atom. The van der Waals surface area contributed by atoms with Crippen molar-refractivity contribution in [2.45, 2.75) is 25.3 Å². The third-order valence-electron chi connectivity index (χ3n) is 3.22. The maximum atomic E-state index is 12.2. The Morgan fingerprint density at radius 3 is 2.71 bits per heavy atom. The van der Waals surface area contributed by atoms with E-state index < -0.39 is 17.7 Å². The molecule has 0 saturated heterocycles. The number of aromatic hydroxyl groups is 1. The van der Waals surface area contributed by atoms with Gasteiger partial charge in [0.1, 0.15) is 5.56 Å². The minimum Gasteiger partial charge on any atom is -0.505 e. The predicted octanol–water partition coefficient (Wildman–Crippen LogP) is 2.00. The highest BCUT2D eigenvalue weighted by molar-refractivity contribution is 5.97. The Balaban J connectivity index is 2.13. The molecule has 0 unspecified atom stereocenters. The lowest BCUT2D eigenvalue weighted by molar-refractivity contribution is 0.0693. The number of phenols is 1. The number of nitrogens with zero attached hydrogens (tertiary/aromatic N) is 2. The van der Waals surface area contributed by atoms with E-state index in [0.29, 0.717) is 6.54 Å². The second-order valence-electron chi connectivity index (χ2n) is 4.77. The van der Waals surface area contributed by atoms with E-state index >= 15 is 0 Å². The molecule has 110 valence electrons. The van der Waals surface area contributed by atoms with Crippen LogP contribution in [0.5, 0.6) is 5.75 Å². The van der Waals surface area contributed by atoms with Crippen molar-refractivity contribution in [1.82, 2.24) is 4.90 Å². The Bertz CT molecular complexity index is 605. The zero-order valence-electron chi connectivity index (χ0n) is 11.2. The molecule has 0 bridgehead atoms. The van der Waals surface area contributed by atoms with Crippen LogP contribution in [0.15, 0.2) is 18.2 Å². The molecule has 0 heterocycles. The van der Waals surface area contributed by atoms with Crippen LogP contribution in [0.2, 0.25) is 0 Å². The number of urea groups is 1. The first-order valence-electron chi connectivity index (χ1n) is 6.54. The van der Waals surface area contributed by atoms with Crippen molar-refractivity contribution in [3.8, 4) is 11.8 Å². The quantitative estimate of drug-likeness (QED) is 0.717. The average molecular weight is 289 g/mol. The number of carbonyl (C=O) groups excluding carboxylic acids is 1. The van der Waals surface area contributed by atoms with Crippen LogP contribution in [0.25, 0.3) is 0 Å². The van der Waals surface area contributed by atoms with Crippen LogP contribution in [0.3, 0.4) is 0 Å². The summed E-state index contributed by atoms with van der Waals surface area (Å²) in [6.07, 6.45) is 2.01. The highest BCUT2D eigenvalue weighted by Crippen LogP contribution is 2.30. The van der Waals surface area contributed by atoms with E-state index in [2.05, 4.69) is 5.32 Å². The molecule has 0 aromatic heterocycles. The fourth-order valence-corrected chi connectivity index (χ4v) is 2.01. The van der Waals surface area contributed by atoms with Crippen LogP contribution in [0.1, 0.15) is 29.6 Å². The van der Waals surface area contributed by atoms with E-state index in [0.717, 1.165) is 12.8 Å². The minimum absolute atomic E-state index is 0.0440. The molecular weight excluding hydrogens is 274 g/mol. The van der Waals surface area contributed by atoms with Crippen molar-refractivity contribution in [3.05, 3.63) is 23.8 Å². The molecule has 0 aliphatic heterocycles. The number of anilines is 1. The van der Waals surface area contributed by atoms with Crippen molar-refractivity contribution in [1.29, 1.82) is 5.26 Å². The molecule has 1 aliphatic carbocycles. The number of hydrogen-bond donors (Lipinski definition) is 3. The summed E-state index contributed by atoms with van der Waals surface area (Å²) in [5.74, 6) is -1.75. The Morgan fingerprint density at radius 2 is 2.14 bits per heavy atom. The van der Waals surface area contributed by atoms with E-state index in [1.54, 1.807) is 0 Å². The number of aromatic carboxylic acids is 1. The molecule has 0 atom stereocenters. The van der Waals surface area contributed by atoms with Gasteiger partial charge in [-0.15, -0.1) is 0 Å². The molecule has 1 aromatic carbocycles. The van der Waals surface area contributed by atoms with Crippen LogP contribution in [0, 0.1) is 11.3 Å². The number of carboxylic acid groups (broad SMARTS) is 1. The van der Waals surface area contributed by atoms with Crippen LogP contribution >= 0.6 is 0 Å². The summed E-state index contributed by atoms with van der Waals surface area (Å²) in [5.41, 5.74) is -0.231. The summed E-state index contributed by atoms with van der Waals surface area (Å²) < 4.78 is 0. The molecule has 7 nitrogen and oxygen atoms in total. The first kappa shape index (κ1) is 14.7. The van der Waals surface area contributed by atoms with Gasteiger partial charge in [0.2, 0.25) is 0 Å². The van der Waals surface area contributed by atoms with Gasteiger partial charge < -0.3 is 20.4 Å². The third-order valence-corrected chi connectivity index (χ3v) is 3.22. The maximum absolute atomic E-state index is 12.2. The molecule has 1 saturated carbocycles. The summed E-state index contributed by atoms with van der Waals surface area (Å²) in [6, 6.07) is 5.78. The van der Waals surface area contributed by atoms with Crippen LogP contribution in [0.4, 0.5) is 10.5 Å². The number of rotatable bonds is 5. The van der Waals surface area contributed by atoms with Gasteiger partial charge in [-0.2, -0.15) is 5.26 Å². The van der Waals surface area contributed by atoms with E-state index in [-0.39, 0.29) is 23.7 Å². The van der Waals surface area contributed by atoms with E-state index in [9.17, 15) is 14.7 Å². The average Bonchev–Trinajstić information content (AvgIpc) is 3.26. The largest absolute Gasteiger partial charge is 0.505 e. The predicted molar refractivity (Wildman–Crippen MR) is 74.0 cm³/mol. The molecule has 1 aliphatic rings. The van der Waals surface area contributed by atoms with Gasteiger partial charge in [0, 0.05) is 12.6 Å². The number of nitrogens with one attached hydrogen (secondary N) is 1. The fraction of sp³-hybridized carbons (Fsp3) is 0.357. The second kappa shape index (κ2) is 6.13. The van der Waals surface area contributed by atoms with Gasteiger partial charge in [-0.3, -0.25) is 0 Å². The number of hydrogen-bond acceptors (Lipinski definition) is 4. The number of carbonyl (C=O) groups is 2. The molecule has 2 amide bonds.